The fourth-order valence-electron chi connectivity index (χ4n) is 5.02. The van der Waals surface area contributed by atoms with Crippen LogP contribution >= 0.6 is 0 Å². The molecule has 30 heavy (non-hydrogen) atoms. The van der Waals surface area contributed by atoms with E-state index in [2.05, 4.69) is 70.2 Å². The second kappa shape index (κ2) is 7.98. The zero-order valence-corrected chi connectivity index (χ0v) is 19.7. The third-order valence-electron chi connectivity index (χ3n) is 6.91. The predicted octanol–water partition coefficient (Wildman–Crippen LogP) is 7.16. The lowest BCUT2D eigenvalue weighted by atomic mass is 9.58. The van der Waals surface area contributed by atoms with E-state index in [4.69, 9.17) is 0 Å². The Morgan fingerprint density at radius 3 is 1.67 bits per heavy atom. The third kappa shape index (κ3) is 3.57. The van der Waals surface area contributed by atoms with Crippen molar-refractivity contribution in [2.75, 3.05) is 0 Å². The highest BCUT2D eigenvalue weighted by atomic mass is 16.3. The largest absolute Gasteiger partial charge is 0.507 e. The molecule has 1 aliphatic rings. The van der Waals surface area contributed by atoms with Gasteiger partial charge in [-0.25, -0.2) is 0 Å². The normalized spacial score (nSPS) is 21.4. The van der Waals surface area contributed by atoms with Gasteiger partial charge in [0, 0.05) is 11.3 Å². The average molecular weight is 405 g/mol. The maximum Gasteiger partial charge on any atom is 0.121 e. The molecule has 0 amide bonds. The van der Waals surface area contributed by atoms with Crippen molar-refractivity contribution >= 4 is 0 Å². The van der Waals surface area contributed by atoms with E-state index in [9.17, 15) is 10.2 Å². The molecule has 2 unspecified atom stereocenters. The van der Waals surface area contributed by atoms with Crippen LogP contribution in [0.4, 0.5) is 0 Å². The summed E-state index contributed by atoms with van der Waals surface area (Å²) in [5.74, 6) is 1.67. The molecular weight excluding hydrogens is 368 g/mol. The van der Waals surface area contributed by atoms with Crippen LogP contribution in [0.15, 0.2) is 48.1 Å². The minimum absolute atomic E-state index is 0.140. The number of allylic oxidation sites excluding steroid dienone is 4. The first-order valence-electron chi connectivity index (χ1n) is 11.0. The van der Waals surface area contributed by atoms with E-state index in [1.54, 1.807) is 0 Å². The Bertz CT molecular complexity index is 977. The van der Waals surface area contributed by atoms with Crippen molar-refractivity contribution in [3.8, 4) is 11.5 Å². The van der Waals surface area contributed by atoms with Crippen LogP contribution in [0.3, 0.4) is 0 Å². The number of hydrogen-bond donors (Lipinski definition) is 2. The second-order valence-electron chi connectivity index (χ2n) is 9.68. The van der Waals surface area contributed by atoms with Crippen LogP contribution in [0.25, 0.3) is 0 Å². The van der Waals surface area contributed by atoms with Crippen LogP contribution in [0.2, 0.25) is 0 Å². The summed E-state index contributed by atoms with van der Waals surface area (Å²) in [6.45, 7) is 16.9. The molecule has 2 aromatic rings. The topological polar surface area (TPSA) is 40.5 Å². The smallest absolute Gasteiger partial charge is 0.121 e. The molecule has 2 heteroatoms. The second-order valence-corrected chi connectivity index (χ2v) is 9.68. The SMILES string of the molecule is Cc1cc(C2C=C(C(C)C)C=CC2(c2cc(C)c(O)c(C)c2)C(C)C)cc(C)c1O. The highest BCUT2D eigenvalue weighted by molar-refractivity contribution is 5.54. The average Bonchev–Trinajstić information content (AvgIpc) is 2.68. The van der Waals surface area contributed by atoms with Crippen molar-refractivity contribution in [1.82, 2.24) is 0 Å². The number of phenols is 2. The molecule has 0 aliphatic heterocycles. The molecule has 2 aromatic carbocycles. The van der Waals surface area contributed by atoms with Crippen molar-refractivity contribution < 1.29 is 10.2 Å². The van der Waals surface area contributed by atoms with Crippen molar-refractivity contribution in [2.24, 2.45) is 11.8 Å². The van der Waals surface area contributed by atoms with Gasteiger partial charge in [-0.1, -0.05) is 70.2 Å². The minimum Gasteiger partial charge on any atom is -0.507 e. The Labute approximate surface area is 182 Å². The van der Waals surface area contributed by atoms with E-state index in [1.807, 2.05) is 27.7 Å². The van der Waals surface area contributed by atoms with E-state index >= 15 is 0 Å². The van der Waals surface area contributed by atoms with Gasteiger partial charge in [-0.2, -0.15) is 0 Å². The molecule has 0 aromatic heterocycles. The van der Waals surface area contributed by atoms with Crippen molar-refractivity contribution in [3.05, 3.63) is 81.4 Å². The number of benzene rings is 2. The van der Waals surface area contributed by atoms with Crippen LogP contribution in [0, 0.1) is 39.5 Å². The Kier molecular flexibility index (Phi) is 5.91. The van der Waals surface area contributed by atoms with Gasteiger partial charge in [0.05, 0.1) is 0 Å². The fraction of sp³-hybridized carbons (Fsp3) is 0.429. The lowest BCUT2D eigenvalue weighted by Crippen LogP contribution is -2.38. The van der Waals surface area contributed by atoms with Crippen molar-refractivity contribution in [1.29, 1.82) is 0 Å². The van der Waals surface area contributed by atoms with E-state index in [-0.39, 0.29) is 11.3 Å². The number of aryl methyl sites for hydroxylation is 4. The first-order chi connectivity index (χ1) is 14.0. The third-order valence-corrected chi connectivity index (χ3v) is 6.91. The van der Waals surface area contributed by atoms with Gasteiger partial charge in [0.2, 0.25) is 0 Å². The van der Waals surface area contributed by atoms with Gasteiger partial charge < -0.3 is 10.2 Å². The first kappa shape index (κ1) is 22.2. The van der Waals surface area contributed by atoms with Gasteiger partial charge >= 0.3 is 0 Å². The molecular formula is C28H36O2. The molecule has 0 radical (unpaired) electrons. The summed E-state index contributed by atoms with van der Waals surface area (Å²) in [6.07, 6.45) is 7.10. The number of rotatable bonds is 4. The molecule has 0 spiro atoms. The molecule has 0 saturated heterocycles. The van der Waals surface area contributed by atoms with Crippen LogP contribution in [-0.2, 0) is 5.41 Å². The van der Waals surface area contributed by atoms with Gasteiger partial charge in [-0.15, -0.1) is 0 Å². The molecule has 2 nitrogen and oxygen atoms in total. The summed E-state index contributed by atoms with van der Waals surface area (Å²) in [5, 5.41) is 20.8. The monoisotopic (exact) mass is 404 g/mol. The number of phenolic OH excluding ortho intramolecular Hbond substituents is 2. The van der Waals surface area contributed by atoms with Gasteiger partial charge in [0.1, 0.15) is 11.5 Å². The standard InChI is InChI=1S/C28H36O2/c1-16(2)22-9-10-28(17(3)4,24-13-20(7)27(30)21(8)14-24)25(15-22)23-11-18(5)26(29)19(6)12-23/h9-17,25,29-30H,1-8H3. The lowest BCUT2D eigenvalue weighted by molar-refractivity contribution is 0.342. The zero-order valence-electron chi connectivity index (χ0n) is 19.7. The molecule has 1 aliphatic carbocycles. The van der Waals surface area contributed by atoms with Crippen LogP contribution in [0.5, 0.6) is 11.5 Å². The summed E-state index contributed by atoms with van der Waals surface area (Å²) < 4.78 is 0. The quantitative estimate of drug-likeness (QED) is 0.567. The number of aromatic hydroxyl groups is 2. The first-order valence-corrected chi connectivity index (χ1v) is 11.0. The molecule has 0 fully saturated rings. The summed E-state index contributed by atoms with van der Waals surface area (Å²) in [5.41, 5.74) is 7.20. The van der Waals surface area contributed by atoms with Crippen LogP contribution < -0.4 is 0 Å². The van der Waals surface area contributed by atoms with E-state index in [0.717, 1.165) is 22.3 Å². The Balaban J connectivity index is 2.34. The summed E-state index contributed by atoms with van der Waals surface area (Å²) >= 11 is 0. The molecule has 0 saturated carbocycles. The van der Waals surface area contributed by atoms with E-state index in [0.29, 0.717) is 23.3 Å². The molecule has 0 bridgehead atoms. The van der Waals surface area contributed by atoms with Gasteiger partial charge in [-0.05, 0) is 78.5 Å². The summed E-state index contributed by atoms with van der Waals surface area (Å²) in [6, 6.07) is 8.57. The maximum atomic E-state index is 10.4. The van der Waals surface area contributed by atoms with Crippen molar-refractivity contribution in [3.63, 3.8) is 0 Å². The van der Waals surface area contributed by atoms with Crippen molar-refractivity contribution in [2.45, 2.75) is 66.7 Å². The predicted molar refractivity (Wildman–Crippen MR) is 126 cm³/mol. The molecule has 0 heterocycles. The van der Waals surface area contributed by atoms with Crippen LogP contribution in [0.1, 0.15) is 67.0 Å². The summed E-state index contributed by atoms with van der Waals surface area (Å²) in [4.78, 5) is 0. The van der Waals surface area contributed by atoms with E-state index < -0.39 is 0 Å². The van der Waals surface area contributed by atoms with Crippen LogP contribution in [-0.4, -0.2) is 10.2 Å². The number of hydrogen-bond acceptors (Lipinski definition) is 2. The Hall–Kier alpha value is -2.48. The van der Waals surface area contributed by atoms with E-state index in [1.165, 1.54) is 16.7 Å². The minimum atomic E-state index is -0.239. The molecule has 2 N–H and O–H groups in total. The van der Waals surface area contributed by atoms with Gasteiger partial charge in [0.15, 0.2) is 0 Å². The highest BCUT2D eigenvalue weighted by Crippen LogP contribution is 2.51. The highest BCUT2D eigenvalue weighted by Gasteiger charge is 2.43. The summed E-state index contributed by atoms with van der Waals surface area (Å²) in [7, 11) is 0. The molecule has 3 rings (SSSR count). The lowest BCUT2D eigenvalue weighted by Gasteiger charge is -2.45. The van der Waals surface area contributed by atoms with Gasteiger partial charge in [-0.3, -0.25) is 0 Å². The maximum absolute atomic E-state index is 10.4. The molecule has 2 atom stereocenters. The fourth-order valence-corrected chi connectivity index (χ4v) is 5.02. The Morgan fingerprint density at radius 2 is 1.23 bits per heavy atom. The Morgan fingerprint density at radius 1 is 0.767 bits per heavy atom. The molecule has 160 valence electrons. The zero-order chi connectivity index (χ0) is 22.4. The van der Waals surface area contributed by atoms with Gasteiger partial charge in [0.25, 0.3) is 0 Å².